The smallest absolute Gasteiger partial charge is 0.320 e. The van der Waals surface area contributed by atoms with E-state index in [1.165, 1.54) is 0 Å². The van der Waals surface area contributed by atoms with Gasteiger partial charge in [-0.2, -0.15) is 4.98 Å². The first-order valence-corrected chi connectivity index (χ1v) is 9.33. The maximum Gasteiger partial charge on any atom is 0.320 e. The van der Waals surface area contributed by atoms with Crippen molar-refractivity contribution in [1.29, 1.82) is 0 Å². The van der Waals surface area contributed by atoms with Crippen LogP contribution >= 0.6 is 11.6 Å². The Hall–Kier alpha value is -2.80. The summed E-state index contributed by atoms with van der Waals surface area (Å²) in [5.41, 5.74) is 1.07. The molecule has 2 N–H and O–H groups in total. The predicted molar refractivity (Wildman–Crippen MR) is 109 cm³/mol. The fraction of sp³-hybridized carbons (Fsp3) is 0.350. The molecule has 28 heavy (non-hydrogen) atoms. The third-order valence-electron chi connectivity index (χ3n) is 3.99. The van der Waals surface area contributed by atoms with Crippen LogP contribution in [0.5, 0.6) is 5.88 Å². The van der Waals surface area contributed by atoms with Crippen LogP contribution in [-0.4, -0.2) is 28.6 Å². The quantitative estimate of drug-likeness (QED) is 0.813. The third kappa shape index (κ3) is 4.72. The summed E-state index contributed by atoms with van der Waals surface area (Å²) in [5, 5.41) is 6.09. The molecule has 0 fully saturated rings. The molecule has 2 aromatic rings. The average Bonchev–Trinajstić information content (AvgIpc) is 2.57. The van der Waals surface area contributed by atoms with Crippen LogP contribution in [-0.2, 0) is 11.3 Å². The Morgan fingerprint density at radius 1 is 1.29 bits per heavy atom. The summed E-state index contributed by atoms with van der Waals surface area (Å²) in [6.45, 7) is 7.67. The lowest BCUT2D eigenvalue weighted by molar-refractivity contribution is -0.125. The Morgan fingerprint density at radius 2 is 2.04 bits per heavy atom. The SMILES string of the molecule is C[C@H]1Oc2nc(NC(=O)NC(C)(C)C)ccc2N(Cc2cccc(Cl)c2)C1=O. The molecular weight excluding hydrogens is 380 g/mol. The van der Waals surface area contributed by atoms with Gasteiger partial charge in [-0.25, -0.2) is 4.79 Å². The summed E-state index contributed by atoms with van der Waals surface area (Å²) in [5.74, 6) is 0.466. The number of aromatic nitrogens is 1. The molecule has 1 aliphatic heterocycles. The molecule has 1 aliphatic rings. The van der Waals surface area contributed by atoms with Crippen LogP contribution in [0.2, 0.25) is 5.02 Å². The Morgan fingerprint density at radius 3 is 2.71 bits per heavy atom. The Kier molecular flexibility index (Phi) is 5.47. The molecule has 0 saturated carbocycles. The lowest BCUT2D eigenvalue weighted by Crippen LogP contribution is -2.44. The zero-order chi connectivity index (χ0) is 20.5. The van der Waals surface area contributed by atoms with E-state index in [-0.39, 0.29) is 17.5 Å². The number of pyridine rings is 1. The van der Waals surface area contributed by atoms with E-state index in [1.54, 1.807) is 30.0 Å². The molecular formula is C20H23ClN4O3. The van der Waals surface area contributed by atoms with Crippen molar-refractivity contribution in [2.24, 2.45) is 0 Å². The molecule has 0 saturated heterocycles. The molecule has 8 heteroatoms. The fourth-order valence-corrected chi connectivity index (χ4v) is 3.03. The van der Waals surface area contributed by atoms with Crippen LogP contribution in [0, 0.1) is 0 Å². The van der Waals surface area contributed by atoms with Gasteiger partial charge in [0.15, 0.2) is 6.10 Å². The molecule has 0 bridgehead atoms. The van der Waals surface area contributed by atoms with Gasteiger partial charge in [0.2, 0.25) is 5.88 Å². The second kappa shape index (κ2) is 7.67. The van der Waals surface area contributed by atoms with Crippen molar-refractivity contribution >= 4 is 35.0 Å². The number of hydrogen-bond donors (Lipinski definition) is 2. The lowest BCUT2D eigenvalue weighted by Gasteiger charge is -2.32. The first-order valence-electron chi connectivity index (χ1n) is 8.95. The highest BCUT2D eigenvalue weighted by molar-refractivity contribution is 6.30. The van der Waals surface area contributed by atoms with Gasteiger partial charge in [0.05, 0.1) is 6.54 Å². The van der Waals surface area contributed by atoms with Crippen LogP contribution in [0.4, 0.5) is 16.3 Å². The van der Waals surface area contributed by atoms with E-state index >= 15 is 0 Å². The van der Waals surface area contributed by atoms with Gasteiger partial charge >= 0.3 is 6.03 Å². The monoisotopic (exact) mass is 402 g/mol. The van der Waals surface area contributed by atoms with Gasteiger partial charge in [0.25, 0.3) is 5.91 Å². The van der Waals surface area contributed by atoms with Gasteiger partial charge in [-0.05, 0) is 57.5 Å². The van der Waals surface area contributed by atoms with E-state index in [2.05, 4.69) is 15.6 Å². The first kappa shape index (κ1) is 19.9. The molecule has 2 heterocycles. The summed E-state index contributed by atoms with van der Waals surface area (Å²) in [4.78, 5) is 30.7. The number of hydrogen-bond acceptors (Lipinski definition) is 4. The second-order valence-electron chi connectivity index (χ2n) is 7.66. The minimum absolute atomic E-state index is 0.166. The van der Waals surface area contributed by atoms with E-state index in [4.69, 9.17) is 16.3 Å². The largest absolute Gasteiger partial charge is 0.463 e. The van der Waals surface area contributed by atoms with Crippen molar-refractivity contribution in [3.05, 3.63) is 47.0 Å². The van der Waals surface area contributed by atoms with Crippen LogP contribution < -0.4 is 20.3 Å². The Bertz CT molecular complexity index is 911. The number of carbonyl (C=O) groups excluding carboxylic acids is 2. The number of urea groups is 1. The molecule has 148 valence electrons. The summed E-state index contributed by atoms with van der Waals surface area (Å²) in [6, 6.07) is 10.3. The molecule has 7 nitrogen and oxygen atoms in total. The fourth-order valence-electron chi connectivity index (χ4n) is 2.82. The minimum atomic E-state index is -0.683. The number of carbonyl (C=O) groups is 2. The van der Waals surface area contributed by atoms with Crippen molar-refractivity contribution < 1.29 is 14.3 Å². The summed E-state index contributed by atoms with van der Waals surface area (Å²) >= 11 is 6.06. The van der Waals surface area contributed by atoms with E-state index in [0.717, 1.165) is 5.56 Å². The number of anilines is 2. The number of nitrogens with one attached hydrogen (secondary N) is 2. The molecule has 3 amide bonds. The van der Waals surface area contributed by atoms with E-state index in [0.29, 0.717) is 29.0 Å². The number of amides is 3. The molecule has 0 spiro atoms. The average molecular weight is 403 g/mol. The first-order chi connectivity index (χ1) is 13.1. The highest BCUT2D eigenvalue weighted by Gasteiger charge is 2.33. The summed E-state index contributed by atoms with van der Waals surface area (Å²) in [6.07, 6.45) is -0.683. The highest BCUT2D eigenvalue weighted by Crippen LogP contribution is 2.34. The second-order valence-corrected chi connectivity index (χ2v) is 8.10. The van der Waals surface area contributed by atoms with Crippen molar-refractivity contribution in [3.8, 4) is 5.88 Å². The van der Waals surface area contributed by atoms with Crippen LogP contribution in [0.25, 0.3) is 0 Å². The highest BCUT2D eigenvalue weighted by atomic mass is 35.5. The van der Waals surface area contributed by atoms with Crippen LogP contribution in [0.1, 0.15) is 33.3 Å². The number of fused-ring (bicyclic) bond motifs is 1. The van der Waals surface area contributed by atoms with Gasteiger partial charge in [-0.1, -0.05) is 23.7 Å². The number of rotatable bonds is 3. The van der Waals surface area contributed by atoms with Gasteiger partial charge in [-0.15, -0.1) is 0 Å². The standard InChI is InChI=1S/C20H23ClN4O3/c1-12-18(26)25(11-13-6-5-7-14(21)10-13)15-8-9-16(22-17(15)28-12)23-19(27)24-20(2,3)4/h5-10,12H,11H2,1-4H3,(H2,22,23,24,27)/t12-/m1/s1. The number of benzene rings is 1. The van der Waals surface area contributed by atoms with Crippen LogP contribution in [0.3, 0.4) is 0 Å². The Balaban J connectivity index is 1.84. The summed E-state index contributed by atoms with van der Waals surface area (Å²) < 4.78 is 5.66. The molecule has 3 rings (SSSR count). The molecule has 0 aliphatic carbocycles. The topological polar surface area (TPSA) is 83.6 Å². The normalized spacial score (nSPS) is 16.2. The lowest BCUT2D eigenvalue weighted by atomic mass is 10.1. The molecule has 0 radical (unpaired) electrons. The van der Waals surface area contributed by atoms with Crippen molar-refractivity contribution in [2.75, 3.05) is 10.2 Å². The van der Waals surface area contributed by atoms with Crippen molar-refractivity contribution in [1.82, 2.24) is 10.3 Å². The zero-order valence-electron chi connectivity index (χ0n) is 16.2. The van der Waals surface area contributed by atoms with E-state index < -0.39 is 6.10 Å². The number of nitrogens with zero attached hydrogens (tertiary/aromatic N) is 2. The minimum Gasteiger partial charge on any atom is -0.463 e. The van der Waals surface area contributed by atoms with Crippen molar-refractivity contribution in [2.45, 2.75) is 45.9 Å². The molecule has 0 unspecified atom stereocenters. The predicted octanol–water partition coefficient (Wildman–Crippen LogP) is 3.97. The Labute approximate surface area is 169 Å². The van der Waals surface area contributed by atoms with Gasteiger partial charge < -0.3 is 10.1 Å². The molecule has 1 atom stereocenters. The number of ether oxygens (including phenoxy) is 1. The van der Waals surface area contributed by atoms with E-state index in [9.17, 15) is 9.59 Å². The molecule has 1 aromatic carbocycles. The van der Waals surface area contributed by atoms with E-state index in [1.807, 2.05) is 39.0 Å². The number of halogens is 1. The summed E-state index contributed by atoms with van der Waals surface area (Å²) in [7, 11) is 0. The van der Waals surface area contributed by atoms with Crippen LogP contribution in [0.15, 0.2) is 36.4 Å². The third-order valence-corrected chi connectivity index (χ3v) is 4.23. The van der Waals surface area contributed by atoms with Gasteiger partial charge in [0.1, 0.15) is 11.5 Å². The van der Waals surface area contributed by atoms with Crippen molar-refractivity contribution in [3.63, 3.8) is 0 Å². The molecule has 1 aromatic heterocycles. The maximum absolute atomic E-state index is 12.7. The zero-order valence-corrected chi connectivity index (χ0v) is 17.0. The maximum atomic E-state index is 12.7. The van der Waals surface area contributed by atoms with Gasteiger partial charge in [0, 0.05) is 10.6 Å². The van der Waals surface area contributed by atoms with Gasteiger partial charge in [-0.3, -0.25) is 15.0 Å².